The summed E-state index contributed by atoms with van der Waals surface area (Å²) in [4.78, 5) is 11.9. The predicted molar refractivity (Wildman–Crippen MR) is 62.1 cm³/mol. The number of hydrogen-bond acceptors (Lipinski definition) is 1. The lowest BCUT2D eigenvalue weighted by atomic mass is 9.96. The van der Waals surface area contributed by atoms with E-state index in [0.29, 0.717) is 5.56 Å². The Balaban J connectivity index is 2.00. The van der Waals surface area contributed by atoms with E-state index >= 15 is 0 Å². The number of ketones is 1. The maximum atomic E-state index is 12.4. The quantitative estimate of drug-likeness (QED) is 0.798. The van der Waals surface area contributed by atoms with E-state index in [2.05, 4.69) is 0 Å². The Labute approximate surface area is 104 Å². The van der Waals surface area contributed by atoms with Gasteiger partial charge < -0.3 is 0 Å². The Hall–Kier alpha value is -1.32. The Kier molecular flexibility index (Phi) is 3.73. The summed E-state index contributed by atoms with van der Waals surface area (Å²) in [5.74, 6) is 0.277. The van der Waals surface area contributed by atoms with Crippen molar-refractivity contribution in [2.45, 2.75) is 38.3 Å². The van der Waals surface area contributed by atoms with Crippen LogP contribution in [0.15, 0.2) is 24.3 Å². The molecule has 1 aromatic carbocycles. The highest BCUT2D eigenvalue weighted by atomic mass is 19.4. The van der Waals surface area contributed by atoms with Gasteiger partial charge in [-0.15, -0.1) is 0 Å². The van der Waals surface area contributed by atoms with Crippen LogP contribution in [-0.4, -0.2) is 5.78 Å². The maximum Gasteiger partial charge on any atom is 0.416 e. The van der Waals surface area contributed by atoms with Gasteiger partial charge in [0.2, 0.25) is 0 Å². The largest absolute Gasteiger partial charge is 0.416 e. The maximum absolute atomic E-state index is 12.4. The summed E-state index contributed by atoms with van der Waals surface area (Å²) in [5.41, 5.74) is -0.000495. The molecule has 0 saturated heterocycles. The Morgan fingerprint density at radius 2 is 1.67 bits per heavy atom. The van der Waals surface area contributed by atoms with Crippen molar-refractivity contribution in [2.75, 3.05) is 0 Å². The fourth-order valence-corrected chi connectivity index (χ4v) is 2.40. The van der Waals surface area contributed by atoms with Crippen molar-refractivity contribution < 1.29 is 18.0 Å². The summed E-state index contributed by atoms with van der Waals surface area (Å²) in [6.45, 7) is 0. The zero-order valence-electron chi connectivity index (χ0n) is 9.96. The van der Waals surface area contributed by atoms with E-state index in [-0.39, 0.29) is 18.1 Å². The molecular formula is C14H15F3O. The average Bonchev–Trinajstić information content (AvgIpc) is 2.82. The molecule has 0 heterocycles. The van der Waals surface area contributed by atoms with Gasteiger partial charge in [0.25, 0.3) is 0 Å². The third-order valence-electron chi connectivity index (χ3n) is 3.47. The van der Waals surface area contributed by atoms with E-state index in [0.717, 1.165) is 37.8 Å². The molecule has 1 aromatic rings. The number of Topliss-reactive ketones (excluding diaryl/α,β-unsaturated/α-hetero) is 1. The van der Waals surface area contributed by atoms with E-state index < -0.39 is 11.7 Å². The Morgan fingerprint density at radius 3 is 2.17 bits per heavy atom. The predicted octanol–water partition coefficient (Wildman–Crippen LogP) is 4.01. The minimum atomic E-state index is -4.31. The van der Waals surface area contributed by atoms with Crippen LogP contribution in [0.25, 0.3) is 0 Å². The molecule has 1 saturated carbocycles. The number of hydrogen-bond donors (Lipinski definition) is 0. The molecule has 0 amide bonds. The molecule has 18 heavy (non-hydrogen) atoms. The first kappa shape index (κ1) is 13.1. The molecule has 0 unspecified atom stereocenters. The molecule has 0 atom stereocenters. The number of halogens is 3. The minimum absolute atomic E-state index is 0.118. The van der Waals surface area contributed by atoms with E-state index in [9.17, 15) is 18.0 Å². The van der Waals surface area contributed by atoms with Crippen LogP contribution in [0, 0.1) is 5.92 Å². The van der Waals surface area contributed by atoms with E-state index in [1.54, 1.807) is 0 Å². The standard InChI is InChI=1S/C14H15F3O/c15-14(16,17)12-7-5-10(6-8-12)9-13(18)11-3-1-2-4-11/h5-8,11H,1-4,9H2. The first-order chi connectivity index (χ1) is 8.47. The van der Waals surface area contributed by atoms with Crippen LogP contribution in [0.5, 0.6) is 0 Å². The fourth-order valence-electron chi connectivity index (χ4n) is 2.40. The van der Waals surface area contributed by atoms with E-state index in [1.807, 2.05) is 0 Å². The van der Waals surface area contributed by atoms with Crippen molar-refractivity contribution in [3.05, 3.63) is 35.4 Å². The van der Waals surface area contributed by atoms with Gasteiger partial charge in [0, 0.05) is 12.3 Å². The number of alkyl halides is 3. The summed E-state index contributed by atoms with van der Waals surface area (Å²) in [7, 11) is 0. The number of carbonyl (C=O) groups excluding carboxylic acids is 1. The molecule has 0 N–H and O–H groups in total. The van der Waals surface area contributed by atoms with Crippen LogP contribution < -0.4 is 0 Å². The van der Waals surface area contributed by atoms with Crippen LogP contribution >= 0.6 is 0 Å². The first-order valence-electron chi connectivity index (χ1n) is 6.15. The van der Waals surface area contributed by atoms with Gasteiger partial charge in [-0.3, -0.25) is 4.79 Å². The second-order valence-electron chi connectivity index (χ2n) is 4.82. The molecule has 1 fully saturated rings. The Morgan fingerprint density at radius 1 is 1.11 bits per heavy atom. The molecule has 0 radical (unpaired) electrons. The molecule has 0 aliphatic heterocycles. The highest BCUT2D eigenvalue weighted by molar-refractivity contribution is 5.83. The molecule has 1 aliphatic carbocycles. The number of carbonyl (C=O) groups is 1. The lowest BCUT2D eigenvalue weighted by Gasteiger charge is -2.09. The molecule has 0 spiro atoms. The van der Waals surface area contributed by atoms with Crippen molar-refractivity contribution in [1.82, 2.24) is 0 Å². The molecule has 0 bridgehead atoms. The topological polar surface area (TPSA) is 17.1 Å². The molecule has 4 heteroatoms. The van der Waals surface area contributed by atoms with Crippen LogP contribution in [0.1, 0.15) is 36.8 Å². The van der Waals surface area contributed by atoms with Crippen LogP contribution in [0.2, 0.25) is 0 Å². The van der Waals surface area contributed by atoms with Gasteiger partial charge in [0.1, 0.15) is 5.78 Å². The number of rotatable bonds is 3. The summed E-state index contributed by atoms with van der Waals surface area (Å²) in [6, 6.07) is 4.87. The lowest BCUT2D eigenvalue weighted by molar-refractivity contribution is -0.137. The van der Waals surface area contributed by atoms with Crippen LogP contribution in [0.4, 0.5) is 13.2 Å². The van der Waals surface area contributed by atoms with Crippen LogP contribution in [0.3, 0.4) is 0 Å². The molecule has 1 aliphatic rings. The summed E-state index contributed by atoms with van der Waals surface area (Å²) < 4.78 is 37.1. The zero-order chi connectivity index (χ0) is 13.2. The van der Waals surface area contributed by atoms with Gasteiger partial charge >= 0.3 is 6.18 Å². The summed E-state index contributed by atoms with van der Waals surface area (Å²) >= 11 is 0. The van der Waals surface area contributed by atoms with Gasteiger partial charge in [-0.2, -0.15) is 13.2 Å². The second-order valence-corrected chi connectivity index (χ2v) is 4.82. The van der Waals surface area contributed by atoms with Crippen molar-refractivity contribution in [3.63, 3.8) is 0 Å². The van der Waals surface area contributed by atoms with Crippen molar-refractivity contribution >= 4 is 5.78 Å². The van der Waals surface area contributed by atoms with Crippen LogP contribution in [-0.2, 0) is 17.4 Å². The molecule has 0 aromatic heterocycles. The third kappa shape index (κ3) is 3.12. The Bertz CT molecular complexity index is 414. The monoisotopic (exact) mass is 256 g/mol. The summed E-state index contributed by atoms with van der Waals surface area (Å²) in [5, 5.41) is 0. The van der Waals surface area contributed by atoms with Gasteiger partial charge in [-0.05, 0) is 30.5 Å². The van der Waals surface area contributed by atoms with E-state index in [1.165, 1.54) is 12.1 Å². The number of benzene rings is 1. The van der Waals surface area contributed by atoms with Crippen molar-refractivity contribution in [2.24, 2.45) is 5.92 Å². The normalized spacial score (nSPS) is 17.1. The van der Waals surface area contributed by atoms with Crippen molar-refractivity contribution in [1.29, 1.82) is 0 Å². The van der Waals surface area contributed by atoms with Gasteiger partial charge in [0.05, 0.1) is 5.56 Å². The fraction of sp³-hybridized carbons (Fsp3) is 0.500. The third-order valence-corrected chi connectivity index (χ3v) is 3.47. The minimum Gasteiger partial charge on any atom is -0.299 e. The lowest BCUT2D eigenvalue weighted by Crippen LogP contribution is -2.13. The summed E-state index contributed by atoms with van der Waals surface area (Å²) in [6.07, 6.45) is -0.0252. The first-order valence-corrected chi connectivity index (χ1v) is 6.15. The molecule has 98 valence electrons. The zero-order valence-corrected chi connectivity index (χ0v) is 9.96. The molecule has 1 nitrogen and oxygen atoms in total. The highest BCUT2D eigenvalue weighted by Gasteiger charge is 2.30. The molecular weight excluding hydrogens is 241 g/mol. The van der Waals surface area contributed by atoms with Crippen molar-refractivity contribution in [3.8, 4) is 0 Å². The van der Waals surface area contributed by atoms with Gasteiger partial charge in [-0.1, -0.05) is 25.0 Å². The van der Waals surface area contributed by atoms with E-state index in [4.69, 9.17) is 0 Å². The SMILES string of the molecule is O=C(Cc1ccc(C(F)(F)F)cc1)C1CCCC1. The molecule has 2 rings (SSSR count). The smallest absolute Gasteiger partial charge is 0.299 e. The van der Waals surface area contributed by atoms with Gasteiger partial charge in [-0.25, -0.2) is 0 Å². The highest BCUT2D eigenvalue weighted by Crippen LogP contribution is 2.30. The second kappa shape index (κ2) is 5.12. The average molecular weight is 256 g/mol. The van der Waals surface area contributed by atoms with Gasteiger partial charge in [0.15, 0.2) is 0 Å².